The van der Waals surface area contributed by atoms with Crippen molar-refractivity contribution in [1.82, 2.24) is 5.32 Å². The number of hydrogen-bond acceptors (Lipinski definition) is 5. The molecule has 1 rings (SSSR count). The van der Waals surface area contributed by atoms with Gasteiger partial charge in [0.15, 0.2) is 0 Å². The highest BCUT2D eigenvalue weighted by molar-refractivity contribution is 4.85. The molecule has 1 aliphatic heterocycles. The van der Waals surface area contributed by atoms with Gasteiger partial charge in [0.05, 0.1) is 12.7 Å². The topological polar surface area (TPSA) is 65.7 Å². The maximum Gasteiger partial charge on any atom is 0.0928 e. The molecule has 0 amide bonds. The Balaban J connectivity index is 2.27. The summed E-state index contributed by atoms with van der Waals surface area (Å²) in [6.07, 6.45) is 2.19. The Morgan fingerprint density at radius 1 is 1.35 bits per heavy atom. The van der Waals surface area contributed by atoms with Crippen molar-refractivity contribution in [3.8, 4) is 0 Å². The molecule has 1 fully saturated rings. The second-order valence-corrected chi connectivity index (χ2v) is 4.76. The van der Waals surface area contributed by atoms with Gasteiger partial charge in [-0.05, 0) is 24.8 Å². The normalized spacial score (nSPS) is 21.4. The van der Waals surface area contributed by atoms with Crippen LogP contribution in [0.4, 0.5) is 0 Å². The van der Waals surface area contributed by atoms with Crippen LogP contribution in [0.15, 0.2) is 0 Å². The average Bonchev–Trinajstić information content (AvgIpc) is 2.39. The number of hydrogen-bond donors (Lipinski definition) is 2. The van der Waals surface area contributed by atoms with Crippen molar-refractivity contribution < 1.29 is 14.2 Å². The van der Waals surface area contributed by atoms with Crippen LogP contribution < -0.4 is 11.1 Å². The van der Waals surface area contributed by atoms with Gasteiger partial charge in [0.1, 0.15) is 0 Å². The summed E-state index contributed by atoms with van der Waals surface area (Å²) in [6, 6.07) is 0. The summed E-state index contributed by atoms with van der Waals surface area (Å²) < 4.78 is 15.8. The third-order valence-corrected chi connectivity index (χ3v) is 3.54. The lowest BCUT2D eigenvalue weighted by Gasteiger charge is -2.36. The van der Waals surface area contributed by atoms with Gasteiger partial charge in [-0.25, -0.2) is 0 Å². The van der Waals surface area contributed by atoms with Crippen LogP contribution in [0, 0.1) is 5.41 Å². The van der Waals surface area contributed by atoms with Gasteiger partial charge in [-0.15, -0.1) is 0 Å². The summed E-state index contributed by atoms with van der Waals surface area (Å²) in [5, 5.41) is 3.44. The first-order chi connectivity index (χ1) is 8.26. The lowest BCUT2D eigenvalue weighted by molar-refractivity contribution is 0.00911. The average molecular weight is 246 g/mol. The molecule has 1 atom stereocenters. The van der Waals surface area contributed by atoms with Crippen LogP contribution in [0.5, 0.6) is 0 Å². The van der Waals surface area contributed by atoms with E-state index in [1.807, 2.05) is 0 Å². The number of ether oxygens (including phenoxy) is 3. The molecule has 1 unspecified atom stereocenters. The summed E-state index contributed by atoms with van der Waals surface area (Å²) in [4.78, 5) is 0. The van der Waals surface area contributed by atoms with Gasteiger partial charge < -0.3 is 25.3 Å². The van der Waals surface area contributed by atoms with Gasteiger partial charge in [-0.3, -0.25) is 0 Å². The number of nitrogens with two attached hydrogens (primary N) is 1. The monoisotopic (exact) mass is 246 g/mol. The highest BCUT2D eigenvalue weighted by Crippen LogP contribution is 2.28. The standard InChI is InChI=1S/C12H26N2O3/c1-15-8-11(16-2)7-14-10-12(9-13)3-5-17-6-4-12/h11,14H,3-10,13H2,1-2H3. The van der Waals surface area contributed by atoms with E-state index >= 15 is 0 Å². The molecule has 1 saturated heterocycles. The zero-order chi connectivity index (χ0) is 12.6. The van der Waals surface area contributed by atoms with Gasteiger partial charge in [0.25, 0.3) is 0 Å². The highest BCUT2D eigenvalue weighted by atomic mass is 16.5. The maximum absolute atomic E-state index is 5.89. The van der Waals surface area contributed by atoms with E-state index in [4.69, 9.17) is 19.9 Å². The maximum atomic E-state index is 5.89. The van der Waals surface area contributed by atoms with Crippen LogP contribution in [-0.4, -0.2) is 59.8 Å². The molecular weight excluding hydrogens is 220 g/mol. The fourth-order valence-corrected chi connectivity index (χ4v) is 2.15. The lowest BCUT2D eigenvalue weighted by atomic mass is 9.80. The zero-order valence-electron chi connectivity index (χ0n) is 11.0. The first-order valence-corrected chi connectivity index (χ1v) is 6.26. The predicted molar refractivity (Wildman–Crippen MR) is 67.1 cm³/mol. The molecular formula is C12H26N2O3. The second-order valence-electron chi connectivity index (χ2n) is 4.76. The lowest BCUT2D eigenvalue weighted by Crippen LogP contribution is -2.46. The summed E-state index contributed by atoms with van der Waals surface area (Å²) >= 11 is 0. The van der Waals surface area contributed by atoms with Crippen LogP contribution >= 0.6 is 0 Å². The molecule has 0 spiro atoms. The summed E-state index contributed by atoms with van der Waals surface area (Å²) in [5.41, 5.74) is 6.09. The number of nitrogens with one attached hydrogen (secondary N) is 1. The van der Waals surface area contributed by atoms with Crippen molar-refractivity contribution in [3.05, 3.63) is 0 Å². The van der Waals surface area contributed by atoms with Gasteiger partial charge in [-0.2, -0.15) is 0 Å². The van der Waals surface area contributed by atoms with Crippen LogP contribution in [0.1, 0.15) is 12.8 Å². The van der Waals surface area contributed by atoms with Gasteiger partial charge in [0, 0.05) is 40.5 Å². The minimum absolute atomic E-state index is 0.106. The van der Waals surface area contributed by atoms with Gasteiger partial charge in [0.2, 0.25) is 0 Å². The minimum atomic E-state index is 0.106. The molecule has 17 heavy (non-hydrogen) atoms. The van der Waals surface area contributed by atoms with Crippen LogP contribution in [-0.2, 0) is 14.2 Å². The molecule has 0 saturated carbocycles. The van der Waals surface area contributed by atoms with Crippen molar-refractivity contribution >= 4 is 0 Å². The molecule has 0 radical (unpaired) electrons. The van der Waals surface area contributed by atoms with Crippen LogP contribution in [0.2, 0.25) is 0 Å². The molecule has 0 bridgehead atoms. The van der Waals surface area contributed by atoms with Crippen molar-refractivity contribution in [2.75, 3.05) is 53.7 Å². The quantitative estimate of drug-likeness (QED) is 0.631. The third-order valence-electron chi connectivity index (χ3n) is 3.54. The minimum Gasteiger partial charge on any atom is -0.382 e. The predicted octanol–water partition coefficient (Wildman–Crippen LogP) is -0.00710. The first kappa shape index (κ1) is 14.9. The van der Waals surface area contributed by atoms with Gasteiger partial charge in [-0.1, -0.05) is 0 Å². The smallest absolute Gasteiger partial charge is 0.0928 e. The fraction of sp³-hybridized carbons (Fsp3) is 1.00. The molecule has 0 aromatic rings. The summed E-state index contributed by atoms with van der Waals surface area (Å²) in [7, 11) is 3.39. The SMILES string of the molecule is COCC(CNCC1(CN)CCOCC1)OC. The highest BCUT2D eigenvalue weighted by Gasteiger charge is 2.30. The molecule has 3 N–H and O–H groups in total. The molecule has 0 aromatic heterocycles. The van der Waals surface area contributed by atoms with E-state index in [2.05, 4.69) is 5.32 Å². The van der Waals surface area contributed by atoms with Crippen molar-refractivity contribution in [2.24, 2.45) is 11.1 Å². The number of rotatable bonds is 8. The van der Waals surface area contributed by atoms with Gasteiger partial charge >= 0.3 is 0 Å². The van der Waals surface area contributed by atoms with Crippen LogP contribution in [0.3, 0.4) is 0 Å². The van der Waals surface area contributed by atoms with E-state index < -0.39 is 0 Å². The van der Waals surface area contributed by atoms with Crippen molar-refractivity contribution in [2.45, 2.75) is 18.9 Å². The Hall–Kier alpha value is -0.200. The third kappa shape index (κ3) is 4.89. The largest absolute Gasteiger partial charge is 0.382 e. The molecule has 0 aromatic carbocycles. The summed E-state index contributed by atoms with van der Waals surface area (Å²) in [5.74, 6) is 0. The Kier molecular flexibility index (Phi) is 6.99. The Labute approximate surface area is 104 Å². The molecule has 5 nitrogen and oxygen atoms in total. The van der Waals surface area contributed by atoms with E-state index in [9.17, 15) is 0 Å². The van der Waals surface area contributed by atoms with E-state index in [-0.39, 0.29) is 11.5 Å². The molecule has 1 aliphatic rings. The van der Waals surface area contributed by atoms with Crippen molar-refractivity contribution in [1.29, 1.82) is 0 Å². The van der Waals surface area contributed by atoms with E-state index in [1.54, 1.807) is 14.2 Å². The first-order valence-electron chi connectivity index (χ1n) is 6.26. The molecule has 5 heteroatoms. The number of methoxy groups -OCH3 is 2. The van der Waals surface area contributed by atoms with E-state index in [0.29, 0.717) is 13.2 Å². The van der Waals surface area contributed by atoms with Crippen molar-refractivity contribution in [3.63, 3.8) is 0 Å². The molecule has 0 aliphatic carbocycles. The van der Waals surface area contributed by atoms with E-state index in [1.165, 1.54) is 0 Å². The fourth-order valence-electron chi connectivity index (χ4n) is 2.15. The molecule has 1 heterocycles. The van der Waals surface area contributed by atoms with Crippen LogP contribution in [0.25, 0.3) is 0 Å². The zero-order valence-corrected chi connectivity index (χ0v) is 11.0. The Morgan fingerprint density at radius 3 is 2.59 bits per heavy atom. The molecule has 102 valence electrons. The van der Waals surface area contributed by atoms with E-state index in [0.717, 1.165) is 39.1 Å². The summed E-state index contributed by atoms with van der Waals surface area (Å²) in [6.45, 7) is 4.70. The Bertz CT molecular complexity index is 196. The second kappa shape index (κ2) is 8.00. The Morgan fingerprint density at radius 2 is 2.06 bits per heavy atom.